The number of fused-ring (bicyclic) bond motifs is 1. The second-order valence-electron chi connectivity index (χ2n) is 11.4. The van der Waals surface area contributed by atoms with Gasteiger partial charge in [-0.05, 0) is 116 Å². The highest BCUT2D eigenvalue weighted by molar-refractivity contribution is 7.10. The summed E-state index contributed by atoms with van der Waals surface area (Å²) < 4.78 is 86.1. The van der Waals surface area contributed by atoms with Crippen molar-refractivity contribution in [1.82, 2.24) is 4.37 Å². The molecule has 0 amide bonds. The summed E-state index contributed by atoms with van der Waals surface area (Å²) in [6.07, 6.45) is -1.81. The van der Waals surface area contributed by atoms with Crippen molar-refractivity contribution in [2.24, 2.45) is 5.92 Å². The lowest BCUT2D eigenvalue weighted by atomic mass is 10.00. The molecule has 0 N–H and O–H groups in total. The Morgan fingerprint density at radius 1 is 0.805 bits per heavy atom. The van der Waals surface area contributed by atoms with Crippen LogP contribution in [0.2, 0.25) is 0 Å². The third-order valence-electron chi connectivity index (χ3n) is 8.28. The number of benzene rings is 2. The van der Waals surface area contributed by atoms with Crippen LogP contribution < -0.4 is 9.80 Å². The highest BCUT2D eigenvalue weighted by atomic mass is 32.1. The lowest BCUT2D eigenvalue weighted by Crippen LogP contribution is -2.31. The van der Waals surface area contributed by atoms with Gasteiger partial charge in [-0.15, -0.1) is 0 Å². The number of nitrogens with zero attached hydrogens (tertiary/aromatic N) is 3. The molecule has 0 spiro atoms. The molecule has 2 aromatic carbocycles. The minimum Gasteiger partial charge on any atom is -0.371 e. The summed E-state index contributed by atoms with van der Waals surface area (Å²) in [7, 11) is 0. The van der Waals surface area contributed by atoms with Gasteiger partial charge in [0.1, 0.15) is 5.00 Å². The molecule has 1 aromatic heterocycles. The first-order chi connectivity index (χ1) is 19.4. The Morgan fingerprint density at radius 3 is 2.00 bits per heavy atom. The summed E-state index contributed by atoms with van der Waals surface area (Å²) in [6.45, 7) is 5.97. The van der Waals surface area contributed by atoms with E-state index in [2.05, 4.69) is 28.3 Å². The number of hydrogen-bond donors (Lipinski definition) is 0. The third kappa shape index (κ3) is 7.01. The fourth-order valence-corrected chi connectivity index (χ4v) is 6.99. The molecular weight excluding hydrogens is 560 g/mol. The minimum absolute atomic E-state index is 0.0424. The molecule has 3 nitrogen and oxygen atoms in total. The van der Waals surface area contributed by atoms with Gasteiger partial charge >= 0.3 is 12.4 Å². The van der Waals surface area contributed by atoms with Crippen molar-refractivity contribution in [1.29, 1.82) is 0 Å². The monoisotopic (exact) mass is 595 g/mol. The van der Waals surface area contributed by atoms with Crippen LogP contribution in [0, 0.1) is 12.8 Å². The Bertz CT molecular complexity index is 1320. The predicted molar refractivity (Wildman–Crippen MR) is 151 cm³/mol. The lowest BCUT2D eigenvalue weighted by molar-refractivity contribution is -0.143. The minimum atomic E-state index is -4.89. The lowest BCUT2D eigenvalue weighted by Gasteiger charge is -2.32. The van der Waals surface area contributed by atoms with Crippen molar-refractivity contribution in [3.05, 3.63) is 75.5 Å². The molecule has 5 rings (SSSR count). The second-order valence-corrected chi connectivity index (χ2v) is 12.2. The summed E-state index contributed by atoms with van der Waals surface area (Å²) in [5.74, 6) is 0.627. The quantitative estimate of drug-likeness (QED) is 0.230. The number of alkyl halides is 6. The van der Waals surface area contributed by atoms with Crippen LogP contribution in [0.5, 0.6) is 0 Å². The third-order valence-corrected chi connectivity index (χ3v) is 9.22. The molecule has 0 aliphatic heterocycles. The number of aromatic nitrogens is 1. The Hall–Kier alpha value is -2.75. The van der Waals surface area contributed by atoms with Crippen LogP contribution >= 0.6 is 11.5 Å². The van der Waals surface area contributed by atoms with E-state index in [4.69, 9.17) is 0 Å². The van der Waals surface area contributed by atoms with Crippen LogP contribution in [-0.4, -0.2) is 17.5 Å². The van der Waals surface area contributed by atoms with Crippen LogP contribution in [0.4, 0.5) is 37.0 Å². The van der Waals surface area contributed by atoms with E-state index in [0.717, 1.165) is 61.4 Å². The van der Waals surface area contributed by atoms with E-state index in [0.29, 0.717) is 17.5 Å². The Labute approximate surface area is 241 Å². The van der Waals surface area contributed by atoms with E-state index in [1.54, 1.807) is 0 Å². The molecule has 1 heterocycles. The fourth-order valence-electron chi connectivity index (χ4n) is 6.23. The van der Waals surface area contributed by atoms with Gasteiger partial charge in [-0.3, -0.25) is 0 Å². The van der Waals surface area contributed by atoms with E-state index >= 15 is 0 Å². The molecule has 0 unspecified atom stereocenters. The van der Waals surface area contributed by atoms with Crippen LogP contribution in [0.25, 0.3) is 0 Å². The van der Waals surface area contributed by atoms with Crippen molar-refractivity contribution in [3.63, 3.8) is 0 Å². The maximum Gasteiger partial charge on any atom is 0.416 e. The molecule has 3 aromatic rings. The van der Waals surface area contributed by atoms with E-state index in [1.165, 1.54) is 48.3 Å². The summed E-state index contributed by atoms with van der Waals surface area (Å²) in [5.41, 5.74) is 2.89. The number of anilines is 2. The fraction of sp³-hybridized carbons (Fsp3) is 0.516. The van der Waals surface area contributed by atoms with Gasteiger partial charge in [-0.1, -0.05) is 18.9 Å². The molecule has 2 aliphatic rings. The van der Waals surface area contributed by atoms with Gasteiger partial charge in [0.2, 0.25) is 0 Å². The van der Waals surface area contributed by atoms with Gasteiger partial charge < -0.3 is 9.80 Å². The van der Waals surface area contributed by atoms with E-state index in [1.807, 2.05) is 17.9 Å². The maximum absolute atomic E-state index is 13.6. The molecule has 222 valence electrons. The number of rotatable bonds is 9. The molecule has 2 aliphatic carbocycles. The Morgan fingerprint density at radius 2 is 1.44 bits per heavy atom. The average Bonchev–Trinajstić information content (AvgIpc) is 3.67. The first-order valence-corrected chi connectivity index (χ1v) is 15.0. The van der Waals surface area contributed by atoms with Crippen LogP contribution in [-0.2, 0) is 38.3 Å². The van der Waals surface area contributed by atoms with E-state index < -0.39 is 23.5 Å². The molecule has 41 heavy (non-hydrogen) atoms. The van der Waals surface area contributed by atoms with Crippen LogP contribution in [0.1, 0.15) is 78.1 Å². The van der Waals surface area contributed by atoms with E-state index in [-0.39, 0.29) is 18.2 Å². The second kappa shape index (κ2) is 11.9. The SMILES string of the molecule is CCN(CC1CCCC1)c1cc2c(cc1CN(Cc1cc(C(F)(F)F)cc(C(F)(F)F)c1)c1cc(C)ns1)CCC2. The van der Waals surface area contributed by atoms with Crippen molar-refractivity contribution in [2.75, 3.05) is 22.9 Å². The summed E-state index contributed by atoms with van der Waals surface area (Å²) in [5, 5.41) is 0.707. The molecule has 1 saturated carbocycles. The highest BCUT2D eigenvalue weighted by Crippen LogP contribution is 2.39. The van der Waals surface area contributed by atoms with Crippen LogP contribution in [0.15, 0.2) is 36.4 Å². The molecule has 10 heteroatoms. The molecule has 0 radical (unpaired) electrons. The number of halogens is 6. The Kier molecular flexibility index (Phi) is 8.60. The van der Waals surface area contributed by atoms with E-state index in [9.17, 15) is 26.3 Å². The standard InChI is InChI=1S/C31H35F6N3S/c1-3-39(17-21-7-4-5-8-21)28-15-24-10-6-9-23(24)14-25(28)19-40(29-11-20(2)38-41-29)18-22-12-26(30(32,33)34)16-27(13-22)31(35,36)37/h11-16,21H,3-10,17-19H2,1-2H3. The van der Waals surface area contributed by atoms with Gasteiger partial charge in [0.05, 0.1) is 16.8 Å². The van der Waals surface area contributed by atoms with Crippen molar-refractivity contribution >= 4 is 22.2 Å². The first-order valence-electron chi connectivity index (χ1n) is 14.3. The molecular formula is C31H35F6N3S. The summed E-state index contributed by atoms with van der Waals surface area (Å²) >= 11 is 1.21. The van der Waals surface area contributed by atoms with Crippen molar-refractivity contribution in [2.45, 2.75) is 84.2 Å². The summed E-state index contributed by atoms with van der Waals surface area (Å²) in [4.78, 5) is 4.27. The largest absolute Gasteiger partial charge is 0.416 e. The zero-order chi connectivity index (χ0) is 29.4. The normalized spacial score (nSPS) is 15.9. The first kappa shape index (κ1) is 29.7. The summed E-state index contributed by atoms with van der Waals surface area (Å²) in [6, 6.07) is 8.18. The van der Waals surface area contributed by atoms with Crippen molar-refractivity contribution in [3.8, 4) is 0 Å². The zero-order valence-electron chi connectivity index (χ0n) is 23.3. The zero-order valence-corrected chi connectivity index (χ0v) is 24.2. The van der Waals surface area contributed by atoms with Gasteiger partial charge in [0.25, 0.3) is 0 Å². The smallest absolute Gasteiger partial charge is 0.371 e. The molecule has 0 atom stereocenters. The van der Waals surface area contributed by atoms with Gasteiger partial charge in [0, 0.05) is 31.9 Å². The average molecular weight is 596 g/mol. The predicted octanol–water partition coefficient (Wildman–Crippen LogP) is 9.20. The molecule has 1 fully saturated rings. The van der Waals surface area contributed by atoms with Gasteiger partial charge in [-0.2, -0.15) is 30.7 Å². The highest BCUT2D eigenvalue weighted by Gasteiger charge is 2.37. The molecule has 0 saturated heterocycles. The maximum atomic E-state index is 13.6. The van der Waals surface area contributed by atoms with Crippen LogP contribution in [0.3, 0.4) is 0 Å². The topological polar surface area (TPSA) is 19.4 Å². The van der Waals surface area contributed by atoms with Gasteiger partial charge in [-0.25, -0.2) is 0 Å². The number of hydrogen-bond acceptors (Lipinski definition) is 4. The number of aryl methyl sites for hydroxylation is 3. The van der Waals surface area contributed by atoms with Gasteiger partial charge in [0.15, 0.2) is 0 Å². The van der Waals surface area contributed by atoms with Crippen molar-refractivity contribution < 1.29 is 26.3 Å². The Balaban J connectivity index is 1.54. The molecule has 0 bridgehead atoms.